The van der Waals surface area contributed by atoms with Gasteiger partial charge in [-0.1, -0.05) is 32.9 Å². The molecule has 0 spiro atoms. The highest BCUT2D eigenvalue weighted by Gasteiger charge is 2.20. The maximum absolute atomic E-state index is 12.1. The molecule has 2 heterocycles. The summed E-state index contributed by atoms with van der Waals surface area (Å²) < 4.78 is 0. The van der Waals surface area contributed by atoms with Crippen molar-refractivity contribution in [3.05, 3.63) is 42.2 Å². The Labute approximate surface area is 127 Å². The molecule has 0 saturated carbocycles. The summed E-state index contributed by atoms with van der Waals surface area (Å²) in [6.07, 6.45) is 7.40. The molecule has 0 N–H and O–H groups in total. The fourth-order valence-electron chi connectivity index (χ4n) is 2.30. The number of carbonyl (C=O) groups is 1. The minimum atomic E-state index is 0.0534. The van der Waals surface area contributed by atoms with E-state index in [-0.39, 0.29) is 11.3 Å². The molecule has 0 bridgehead atoms. The number of rotatable bonds is 3. The lowest BCUT2D eigenvalue weighted by atomic mass is 9.96. The molecule has 0 unspecified atom stereocenters. The molecule has 0 aromatic carbocycles. The Kier molecular flexibility index (Phi) is 5.12. The second-order valence-electron chi connectivity index (χ2n) is 6.66. The van der Waals surface area contributed by atoms with Gasteiger partial charge in [0.2, 0.25) is 5.91 Å². The van der Waals surface area contributed by atoms with Gasteiger partial charge in [-0.15, -0.1) is 0 Å². The predicted molar refractivity (Wildman–Crippen MR) is 84.7 cm³/mol. The normalized spacial score (nSPS) is 17.4. The van der Waals surface area contributed by atoms with Gasteiger partial charge in [0.25, 0.3) is 0 Å². The van der Waals surface area contributed by atoms with Crippen LogP contribution in [0, 0.1) is 5.41 Å². The number of piperazine rings is 1. The minimum Gasteiger partial charge on any atom is -0.337 e. The number of aromatic nitrogens is 1. The number of allylic oxidation sites excluding steroid dienone is 1. The lowest BCUT2D eigenvalue weighted by Crippen LogP contribution is -2.47. The number of pyridine rings is 1. The Morgan fingerprint density at radius 3 is 2.57 bits per heavy atom. The molecule has 2 rings (SSSR count). The van der Waals surface area contributed by atoms with Crippen LogP contribution in [0.2, 0.25) is 0 Å². The number of hydrogen-bond donors (Lipinski definition) is 0. The molecule has 4 heteroatoms. The van der Waals surface area contributed by atoms with Crippen LogP contribution < -0.4 is 0 Å². The zero-order valence-corrected chi connectivity index (χ0v) is 13.2. The van der Waals surface area contributed by atoms with Crippen LogP contribution >= 0.6 is 0 Å². The Bertz CT molecular complexity index is 483. The summed E-state index contributed by atoms with van der Waals surface area (Å²) in [5, 5.41) is 0. The van der Waals surface area contributed by atoms with Crippen molar-refractivity contribution in [1.29, 1.82) is 0 Å². The first-order valence-electron chi connectivity index (χ1n) is 7.53. The average Bonchev–Trinajstić information content (AvgIpc) is 2.46. The predicted octanol–water partition coefficient (Wildman–Crippen LogP) is 2.33. The van der Waals surface area contributed by atoms with Gasteiger partial charge in [0.1, 0.15) is 0 Å². The minimum absolute atomic E-state index is 0.0534. The lowest BCUT2D eigenvalue weighted by molar-refractivity contribution is -0.127. The fraction of sp³-hybridized carbons (Fsp3) is 0.529. The Hall–Kier alpha value is -1.68. The first kappa shape index (κ1) is 15.7. The Morgan fingerprint density at radius 1 is 1.29 bits per heavy atom. The zero-order chi connectivity index (χ0) is 15.3. The lowest BCUT2D eigenvalue weighted by Gasteiger charge is -2.34. The van der Waals surface area contributed by atoms with Crippen molar-refractivity contribution in [2.45, 2.75) is 27.3 Å². The van der Waals surface area contributed by atoms with Crippen LogP contribution in [0.25, 0.3) is 0 Å². The molecule has 21 heavy (non-hydrogen) atoms. The molecule has 1 aliphatic rings. The summed E-state index contributed by atoms with van der Waals surface area (Å²) >= 11 is 0. The maximum atomic E-state index is 12.1. The summed E-state index contributed by atoms with van der Waals surface area (Å²) in [5.41, 5.74) is 1.28. The van der Waals surface area contributed by atoms with Gasteiger partial charge < -0.3 is 4.90 Å². The van der Waals surface area contributed by atoms with Crippen LogP contribution in [0.15, 0.2) is 36.7 Å². The second-order valence-corrected chi connectivity index (χ2v) is 6.66. The second kappa shape index (κ2) is 6.85. The molecular formula is C17H25N3O. The first-order valence-corrected chi connectivity index (χ1v) is 7.53. The Morgan fingerprint density at radius 2 is 2.00 bits per heavy atom. The van der Waals surface area contributed by atoms with Crippen molar-refractivity contribution < 1.29 is 4.79 Å². The molecule has 0 radical (unpaired) electrons. The molecule has 1 aliphatic heterocycles. The van der Waals surface area contributed by atoms with Crippen molar-refractivity contribution in [2.75, 3.05) is 26.2 Å². The third kappa shape index (κ3) is 5.31. The van der Waals surface area contributed by atoms with Gasteiger partial charge in [-0.3, -0.25) is 14.7 Å². The summed E-state index contributed by atoms with van der Waals surface area (Å²) in [5.74, 6) is 0.131. The molecule has 0 atom stereocenters. The molecule has 114 valence electrons. The van der Waals surface area contributed by atoms with E-state index >= 15 is 0 Å². The third-order valence-electron chi connectivity index (χ3n) is 3.54. The number of nitrogens with zero attached hydrogens (tertiary/aromatic N) is 3. The first-order chi connectivity index (χ1) is 9.94. The van der Waals surface area contributed by atoms with E-state index in [1.807, 2.05) is 23.2 Å². The molecule has 1 aromatic rings. The van der Waals surface area contributed by atoms with E-state index in [1.54, 1.807) is 12.3 Å². The van der Waals surface area contributed by atoms with E-state index in [0.717, 1.165) is 32.7 Å². The van der Waals surface area contributed by atoms with Gasteiger partial charge in [0.15, 0.2) is 0 Å². The molecule has 4 nitrogen and oxygen atoms in total. The summed E-state index contributed by atoms with van der Waals surface area (Å²) in [6, 6.07) is 4.06. The van der Waals surface area contributed by atoms with Crippen molar-refractivity contribution >= 4 is 5.91 Å². The van der Waals surface area contributed by atoms with Crippen molar-refractivity contribution in [2.24, 2.45) is 5.41 Å². The van der Waals surface area contributed by atoms with E-state index in [0.29, 0.717) is 0 Å². The van der Waals surface area contributed by atoms with Gasteiger partial charge >= 0.3 is 0 Å². The van der Waals surface area contributed by atoms with Gasteiger partial charge in [-0.2, -0.15) is 0 Å². The van der Waals surface area contributed by atoms with Crippen LogP contribution in [-0.2, 0) is 11.3 Å². The zero-order valence-electron chi connectivity index (χ0n) is 13.2. The van der Waals surface area contributed by atoms with Gasteiger partial charge in [0, 0.05) is 45.1 Å². The van der Waals surface area contributed by atoms with Crippen LogP contribution in [0.3, 0.4) is 0 Å². The van der Waals surface area contributed by atoms with Crippen LogP contribution in [0.5, 0.6) is 0 Å². The third-order valence-corrected chi connectivity index (χ3v) is 3.54. The standard InChI is InChI=1S/C17H25N3O/c1-17(2,3)7-6-16(21)20-11-9-19(10-12-20)14-15-5-4-8-18-13-15/h4-8,13H,9-12,14H2,1-3H3/b7-6+. The molecule has 1 fully saturated rings. The molecule has 1 amide bonds. The van der Waals surface area contributed by atoms with Gasteiger partial charge in [-0.25, -0.2) is 0 Å². The SMILES string of the molecule is CC(C)(C)/C=C/C(=O)N1CCN(Cc2cccnc2)CC1. The van der Waals surface area contributed by atoms with Crippen molar-refractivity contribution in [1.82, 2.24) is 14.8 Å². The molecule has 1 saturated heterocycles. The van der Waals surface area contributed by atoms with E-state index in [4.69, 9.17) is 0 Å². The Balaban J connectivity index is 1.80. The van der Waals surface area contributed by atoms with Crippen molar-refractivity contribution in [3.63, 3.8) is 0 Å². The van der Waals surface area contributed by atoms with E-state index < -0.39 is 0 Å². The molecule has 0 aliphatic carbocycles. The number of amides is 1. The highest BCUT2D eigenvalue weighted by molar-refractivity contribution is 5.87. The highest BCUT2D eigenvalue weighted by atomic mass is 16.2. The topological polar surface area (TPSA) is 36.4 Å². The summed E-state index contributed by atoms with van der Waals surface area (Å²) in [4.78, 5) is 20.6. The monoisotopic (exact) mass is 287 g/mol. The van der Waals surface area contributed by atoms with Crippen LogP contribution in [0.1, 0.15) is 26.3 Å². The largest absolute Gasteiger partial charge is 0.337 e. The van der Waals surface area contributed by atoms with Crippen LogP contribution in [0.4, 0.5) is 0 Å². The van der Waals surface area contributed by atoms with E-state index in [9.17, 15) is 4.79 Å². The average molecular weight is 287 g/mol. The highest BCUT2D eigenvalue weighted by Crippen LogP contribution is 2.15. The molecule has 1 aromatic heterocycles. The van der Waals surface area contributed by atoms with Crippen molar-refractivity contribution in [3.8, 4) is 0 Å². The maximum Gasteiger partial charge on any atom is 0.246 e. The van der Waals surface area contributed by atoms with Gasteiger partial charge in [0.05, 0.1) is 0 Å². The summed E-state index contributed by atoms with van der Waals surface area (Å²) in [7, 11) is 0. The van der Waals surface area contributed by atoms with Gasteiger partial charge in [-0.05, 0) is 23.1 Å². The quantitative estimate of drug-likeness (QED) is 0.801. The molecular weight excluding hydrogens is 262 g/mol. The van der Waals surface area contributed by atoms with E-state index in [2.05, 4.69) is 36.7 Å². The summed E-state index contributed by atoms with van der Waals surface area (Å²) in [6.45, 7) is 10.6. The smallest absolute Gasteiger partial charge is 0.246 e. The van der Waals surface area contributed by atoms with Crippen LogP contribution in [-0.4, -0.2) is 46.9 Å². The van der Waals surface area contributed by atoms with E-state index in [1.165, 1.54) is 5.56 Å². The number of carbonyl (C=O) groups excluding carboxylic acids is 1. The fourth-order valence-corrected chi connectivity index (χ4v) is 2.30. The number of hydrogen-bond acceptors (Lipinski definition) is 3.